The van der Waals surface area contributed by atoms with E-state index in [0.717, 1.165) is 37.5 Å². The third-order valence-electron chi connectivity index (χ3n) is 5.74. The summed E-state index contributed by atoms with van der Waals surface area (Å²) in [6, 6.07) is 7.03. The predicted octanol–water partition coefficient (Wildman–Crippen LogP) is 3.95. The highest BCUT2D eigenvalue weighted by molar-refractivity contribution is 5.94. The minimum absolute atomic E-state index is 0.0917. The van der Waals surface area contributed by atoms with Crippen molar-refractivity contribution >= 4 is 5.91 Å². The van der Waals surface area contributed by atoms with Crippen LogP contribution in [0.15, 0.2) is 18.2 Å². The van der Waals surface area contributed by atoms with Crippen LogP contribution in [0, 0.1) is 0 Å². The SMILES string of the molecule is CCC1CCCCN1CCCNC(=O)c1ccc2c(c1)CCCC2. The molecule has 1 aliphatic heterocycles. The maximum atomic E-state index is 12.4. The second-order valence-corrected chi connectivity index (χ2v) is 7.39. The number of aryl methyl sites for hydroxylation is 2. The number of nitrogens with zero attached hydrogens (tertiary/aromatic N) is 1. The molecule has 0 bridgehead atoms. The molecule has 1 unspecified atom stereocenters. The quantitative estimate of drug-likeness (QED) is 0.802. The Morgan fingerprint density at radius 2 is 2.00 bits per heavy atom. The van der Waals surface area contributed by atoms with Crippen molar-refractivity contribution in [3.63, 3.8) is 0 Å². The number of nitrogens with one attached hydrogen (secondary N) is 1. The fourth-order valence-electron chi connectivity index (χ4n) is 4.28. The summed E-state index contributed by atoms with van der Waals surface area (Å²) in [7, 11) is 0. The molecule has 2 aliphatic rings. The van der Waals surface area contributed by atoms with Crippen LogP contribution in [0.5, 0.6) is 0 Å². The van der Waals surface area contributed by atoms with Crippen molar-refractivity contribution in [1.82, 2.24) is 10.2 Å². The minimum atomic E-state index is 0.0917. The lowest BCUT2D eigenvalue weighted by Crippen LogP contribution is -2.40. The molecule has 1 aromatic carbocycles. The maximum Gasteiger partial charge on any atom is 0.251 e. The third kappa shape index (κ3) is 4.38. The Kier molecular flexibility index (Phi) is 6.30. The van der Waals surface area contributed by atoms with Gasteiger partial charge in [-0.15, -0.1) is 0 Å². The lowest BCUT2D eigenvalue weighted by Gasteiger charge is -2.35. The Labute approximate surface area is 146 Å². The van der Waals surface area contributed by atoms with Gasteiger partial charge in [0.2, 0.25) is 0 Å². The van der Waals surface area contributed by atoms with Crippen LogP contribution < -0.4 is 5.32 Å². The Balaban J connectivity index is 1.44. The van der Waals surface area contributed by atoms with Crippen molar-refractivity contribution in [1.29, 1.82) is 0 Å². The van der Waals surface area contributed by atoms with Crippen molar-refractivity contribution < 1.29 is 4.79 Å². The van der Waals surface area contributed by atoms with Crippen molar-refractivity contribution in [2.75, 3.05) is 19.6 Å². The zero-order valence-electron chi connectivity index (χ0n) is 15.2. The van der Waals surface area contributed by atoms with Crippen molar-refractivity contribution in [2.24, 2.45) is 0 Å². The number of amides is 1. The smallest absolute Gasteiger partial charge is 0.251 e. The normalized spacial score (nSPS) is 21.3. The molecule has 132 valence electrons. The van der Waals surface area contributed by atoms with E-state index in [-0.39, 0.29) is 5.91 Å². The number of hydrogen-bond donors (Lipinski definition) is 1. The van der Waals surface area contributed by atoms with Crippen molar-refractivity contribution in [3.05, 3.63) is 34.9 Å². The number of likely N-dealkylation sites (tertiary alicyclic amines) is 1. The van der Waals surface area contributed by atoms with Gasteiger partial charge in [-0.3, -0.25) is 4.79 Å². The Morgan fingerprint density at radius 3 is 2.83 bits per heavy atom. The Hall–Kier alpha value is -1.35. The first-order chi connectivity index (χ1) is 11.8. The van der Waals surface area contributed by atoms with Gasteiger partial charge in [-0.05, 0) is 81.2 Å². The van der Waals surface area contributed by atoms with Crippen LogP contribution >= 0.6 is 0 Å². The molecular formula is C21H32N2O. The molecule has 1 saturated heterocycles. The number of hydrogen-bond acceptors (Lipinski definition) is 2. The second kappa shape index (κ2) is 8.66. The maximum absolute atomic E-state index is 12.4. The summed E-state index contributed by atoms with van der Waals surface area (Å²) in [5.74, 6) is 0.0917. The van der Waals surface area contributed by atoms with Crippen LogP contribution in [-0.4, -0.2) is 36.5 Å². The molecule has 1 atom stereocenters. The van der Waals surface area contributed by atoms with Gasteiger partial charge in [-0.2, -0.15) is 0 Å². The Morgan fingerprint density at radius 1 is 1.17 bits per heavy atom. The van der Waals surface area contributed by atoms with E-state index in [4.69, 9.17) is 0 Å². The van der Waals surface area contributed by atoms with Gasteiger partial charge in [0.1, 0.15) is 0 Å². The largest absolute Gasteiger partial charge is 0.352 e. The molecule has 3 nitrogen and oxygen atoms in total. The number of rotatable bonds is 6. The molecule has 1 N–H and O–H groups in total. The summed E-state index contributed by atoms with van der Waals surface area (Å²) in [5, 5.41) is 3.11. The van der Waals surface area contributed by atoms with Crippen LogP contribution in [-0.2, 0) is 12.8 Å². The van der Waals surface area contributed by atoms with Gasteiger partial charge in [0.05, 0.1) is 0 Å². The lowest BCUT2D eigenvalue weighted by atomic mass is 9.90. The highest BCUT2D eigenvalue weighted by Gasteiger charge is 2.20. The molecule has 0 spiro atoms. The number of piperidine rings is 1. The number of carbonyl (C=O) groups excluding carboxylic acids is 1. The van der Waals surface area contributed by atoms with Gasteiger partial charge >= 0.3 is 0 Å². The number of carbonyl (C=O) groups is 1. The van der Waals surface area contributed by atoms with E-state index in [0.29, 0.717) is 0 Å². The van der Waals surface area contributed by atoms with Crippen LogP contribution in [0.3, 0.4) is 0 Å². The van der Waals surface area contributed by atoms with E-state index in [1.54, 1.807) is 0 Å². The van der Waals surface area contributed by atoms with E-state index in [9.17, 15) is 4.79 Å². The molecule has 24 heavy (non-hydrogen) atoms. The summed E-state index contributed by atoms with van der Waals surface area (Å²) >= 11 is 0. The zero-order chi connectivity index (χ0) is 16.8. The van der Waals surface area contributed by atoms with Crippen molar-refractivity contribution in [2.45, 2.75) is 70.8 Å². The topological polar surface area (TPSA) is 32.3 Å². The van der Waals surface area contributed by atoms with Gasteiger partial charge in [-0.25, -0.2) is 0 Å². The minimum Gasteiger partial charge on any atom is -0.352 e. The summed E-state index contributed by atoms with van der Waals surface area (Å²) in [6.45, 7) is 5.42. The number of benzene rings is 1. The Bertz CT molecular complexity index is 555. The van der Waals surface area contributed by atoms with Gasteiger partial charge in [0.25, 0.3) is 5.91 Å². The molecule has 0 aromatic heterocycles. The lowest BCUT2D eigenvalue weighted by molar-refractivity contribution is 0.0947. The molecule has 0 saturated carbocycles. The van der Waals surface area contributed by atoms with Gasteiger partial charge in [-0.1, -0.05) is 19.4 Å². The fraction of sp³-hybridized carbons (Fsp3) is 0.667. The van der Waals surface area contributed by atoms with Crippen molar-refractivity contribution in [3.8, 4) is 0 Å². The predicted molar refractivity (Wildman–Crippen MR) is 99.5 cm³/mol. The van der Waals surface area contributed by atoms with Crippen LogP contribution in [0.4, 0.5) is 0 Å². The first kappa shape index (κ1) is 17.5. The summed E-state index contributed by atoms with van der Waals surface area (Å²) in [5.41, 5.74) is 3.65. The van der Waals surface area contributed by atoms with Gasteiger partial charge < -0.3 is 10.2 Å². The molecule has 1 fully saturated rings. The molecule has 1 heterocycles. The molecular weight excluding hydrogens is 296 g/mol. The first-order valence-electron chi connectivity index (χ1n) is 9.92. The molecule has 3 rings (SSSR count). The molecule has 1 aromatic rings. The van der Waals surface area contributed by atoms with E-state index in [2.05, 4.69) is 29.3 Å². The standard InChI is InChI=1S/C21H32N2O/c1-2-20-10-5-6-14-23(20)15-7-13-22-21(24)19-12-11-17-8-3-4-9-18(17)16-19/h11-12,16,20H,2-10,13-15H2,1H3,(H,22,24). The molecule has 1 amide bonds. The zero-order valence-corrected chi connectivity index (χ0v) is 15.2. The highest BCUT2D eigenvalue weighted by atomic mass is 16.1. The summed E-state index contributed by atoms with van der Waals surface area (Å²) in [6.07, 6.45) is 11.2. The first-order valence-corrected chi connectivity index (χ1v) is 9.92. The summed E-state index contributed by atoms with van der Waals surface area (Å²) < 4.78 is 0. The van der Waals surface area contributed by atoms with Crippen LogP contribution in [0.1, 0.15) is 73.4 Å². The summed E-state index contributed by atoms with van der Waals surface area (Å²) in [4.78, 5) is 15.0. The molecule has 0 radical (unpaired) electrons. The van der Waals surface area contributed by atoms with Gasteiger partial charge in [0, 0.05) is 24.7 Å². The van der Waals surface area contributed by atoms with Crippen LogP contribution in [0.25, 0.3) is 0 Å². The molecule has 3 heteroatoms. The van der Waals surface area contributed by atoms with Crippen LogP contribution in [0.2, 0.25) is 0 Å². The highest BCUT2D eigenvalue weighted by Crippen LogP contribution is 2.22. The van der Waals surface area contributed by atoms with Gasteiger partial charge in [0.15, 0.2) is 0 Å². The average Bonchev–Trinajstić information content (AvgIpc) is 2.65. The molecule has 1 aliphatic carbocycles. The second-order valence-electron chi connectivity index (χ2n) is 7.39. The van der Waals surface area contributed by atoms with E-state index in [1.165, 1.54) is 62.6 Å². The number of fused-ring (bicyclic) bond motifs is 1. The van der Waals surface area contributed by atoms with E-state index in [1.807, 2.05) is 6.07 Å². The third-order valence-corrected chi connectivity index (χ3v) is 5.74. The fourth-order valence-corrected chi connectivity index (χ4v) is 4.28. The average molecular weight is 329 g/mol. The monoisotopic (exact) mass is 328 g/mol. The van der Waals surface area contributed by atoms with E-state index >= 15 is 0 Å². The van der Waals surface area contributed by atoms with E-state index < -0.39 is 0 Å².